The van der Waals surface area contributed by atoms with E-state index in [2.05, 4.69) is 45.5 Å². The number of ether oxygens (including phenoxy) is 1. The maximum absolute atomic E-state index is 13.1. The molecule has 4 rings (SSSR count). The van der Waals surface area contributed by atoms with Crippen LogP contribution < -0.4 is 10.1 Å². The first-order chi connectivity index (χ1) is 15.2. The van der Waals surface area contributed by atoms with Gasteiger partial charge in [-0.3, -0.25) is 14.7 Å². The first-order valence-corrected chi connectivity index (χ1v) is 10.8. The van der Waals surface area contributed by atoms with Gasteiger partial charge in [-0.2, -0.15) is 0 Å². The second kappa shape index (κ2) is 9.31. The molecule has 0 unspecified atom stereocenters. The Morgan fingerprint density at radius 3 is 2.55 bits per heavy atom. The molecule has 1 atom stereocenters. The third-order valence-electron chi connectivity index (χ3n) is 6.20. The maximum atomic E-state index is 13.1. The number of likely N-dealkylation sites (tertiary alicyclic amines) is 1. The number of hydrogen-bond donors (Lipinski definition) is 1. The highest BCUT2D eigenvalue weighted by molar-refractivity contribution is 5.88. The van der Waals surface area contributed by atoms with E-state index in [1.807, 2.05) is 36.4 Å². The van der Waals surface area contributed by atoms with E-state index in [0.717, 1.165) is 48.5 Å². The first kappa shape index (κ1) is 21.1. The Labute approximate surface area is 184 Å². The number of carbonyl (C=O) groups is 1. The van der Waals surface area contributed by atoms with E-state index < -0.39 is 5.41 Å². The number of nitrogens with zero attached hydrogens (tertiary/aromatic N) is 2. The van der Waals surface area contributed by atoms with Crippen molar-refractivity contribution in [3.8, 4) is 16.9 Å². The number of carbonyl (C=O) groups excluding carboxylic acids is 1. The minimum Gasteiger partial charge on any atom is -0.496 e. The van der Waals surface area contributed by atoms with E-state index >= 15 is 0 Å². The molecule has 0 radical (unpaired) electrons. The number of methoxy groups -OCH3 is 1. The van der Waals surface area contributed by atoms with Gasteiger partial charge in [0.15, 0.2) is 0 Å². The second-order valence-corrected chi connectivity index (χ2v) is 8.05. The van der Waals surface area contributed by atoms with Crippen LogP contribution in [-0.2, 0) is 16.8 Å². The van der Waals surface area contributed by atoms with Crippen LogP contribution in [0.3, 0.4) is 0 Å². The molecule has 5 heteroatoms. The van der Waals surface area contributed by atoms with Gasteiger partial charge in [-0.1, -0.05) is 48.5 Å². The number of nitrogens with one attached hydrogen (secondary N) is 1. The Balaban J connectivity index is 1.66. The SMILES string of the molecule is CNC(=O)[C@@]1(c2ccccn2)CCCN(Cc2ccccc2-c2ccccc2OC)C1. The smallest absolute Gasteiger partial charge is 0.233 e. The van der Waals surface area contributed by atoms with Crippen molar-refractivity contribution in [2.24, 2.45) is 0 Å². The van der Waals surface area contributed by atoms with Crippen LogP contribution in [0.25, 0.3) is 11.1 Å². The zero-order valence-corrected chi connectivity index (χ0v) is 18.2. The molecule has 1 amide bonds. The van der Waals surface area contributed by atoms with Gasteiger partial charge in [0.1, 0.15) is 11.2 Å². The van der Waals surface area contributed by atoms with Crippen molar-refractivity contribution in [1.29, 1.82) is 0 Å². The number of aromatic nitrogens is 1. The van der Waals surface area contributed by atoms with Crippen LogP contribution in [0.5, 0.6) is 5.75 Å². The largest absolute Gasteiger partial charge is 0.496 e. The minimum atomic E-state index is -0.631. The van der Waals surface area contributed by atoms with Gasteiger partial charge in [0, 0.05) is 31.9 Å². The number of hydrogen-bond acceptors (Lipinski definition) is 4. The van der Waals surface area contributed by atoms with Crippen molar-refractivity contribution < 1.29 is 9.53 Å². The number of rotatable bonds is 6. The molecule has 0 aliphatic carbocycles. The standard InChI is InChI=1S/C26H29N3O2/c1-27-25(30)26(24-14-7-8-16-28-24)15-9-17-29(19-26)18-20-10-3-4-11-21(20)22-12-5-6-13-23(22)31-2/h3-8,10-14,16H,9,15,17-19H2,1-2H3,(H,27,30)/t26-/m0/s1. The van der Waals surface area contributed by atoms with Gasteiger partial charge in [0.2, 0.25) is 5.91 Å². The average molecular weight is 416 g/mol. The van der Waals surface area contributed by atoms with Crippen LogP contribution >= 0.6 is 0 Å². The Kier molecular flexibility index (Phi) is 6.33. The highest BCUT2D eigenvalue weighted by atomic mass is 16.5. The van der Waals surface area contributed by atoms with Crippen molar-refractivity contribution in [2.45, 2.75) is 24.8 Å². The van der Waals surface area contributed by atoms with Crippen molar-refractivity contribution in [3.05, 3.63) is 84.2 Å². The summed E-state index contributed by atoms with van der Waals surface area (Å²) in [6, 6.07) is 22.4. The quantitative estimate of drug-likeness (QED) is 0.660. The van der Waals surface area contributed by atoms with Crippen molar-refractivity contribution in [2.75, 3.05) is 27.2 Å². The minimum absolute atomic E-state index is 0.0360. The topological polar surface area (TPSA) is 54.5 Å². The Morgan fingerprint density at radius 1 is 1.06 bits per heavy atom. The van der Waals surface area contributed by atoms with Crippen LogP contribution in [0.15, 0.2) is 72.9 Å². The number of piperidine rings is 1. The van der Waals surface area contributed by atoms with Crippen LogP contribution in [0.4, 0.5) is 0 Å². The van der Waals surface area contributed by atoms with Gasteiger partial charge in [0.25, 0.3) is 0 Å². The van der Waals surface area contributed by atoms with Crippen LogP contribution in [0.2, 0.25) is 0 Å². The Morgan fingerprint density at radius 2 is 1.81 bits per heavy atom. The number of pyridine rings is 1. The summed E-state index contributed by atoms with van der Waals surface area (Å²) in [6.07, 6.45) is 3.52. The first-order valence-electron chi connectivity index (χ1n) is 10.8. The summed E-state index contributed by atoms with van der Waals surface area (Å²) in [7, 11) is 3.42. The zero-order chi connectivity index (χ0) is 21.7. The van der Waals surface area contributed by atoms with Gasteiger partial charge in [-0.25, -0.2) is 0 Å². The monoisotopic (exact) mass is 415 g/mol. The van der Waals surface area contributed by atoms with Gasteiger partial charge in [-0.05, 0) is 48.7 Å². The molecule has 1 aliphatic rings. The third kappa shape index (κ3) is 4.19. The molecular weight excluding hydrogens is 386 g/mol. The summed E-state index contributed by atoms with van der Waals surface area (Å²) >= 11 is 0. The molecule has 1 aromatic heterocycles. The van der Waals surface area contributed by atoms with Crippen LogP contribution in [0, 0.1) is 0 Å². The number of likely N-dealkylation sites (N-methyl/N-ethyl adjacent to an activating group) is 1. The van der Waals surface area contributed by atoms with Crippen LogP contribution in [0.1, 0.15) is 24.1 Å². The predicted molar refractivity (Wildman–Crippen MR) is 123 cm³/mol. The van der Waals surface area contributed by atoms with E-state index in [-0.39, 0.29) is 5.91 Å². The summed E-state index contributed by atoms with van der Waals surface area (Å²) in [5.41, 5.74) is 3.68. The van der Waals surface area contributed by atoms with E-state index in [1.165, 1.54) is 5.56 Å². The molecule has 1 aliphatic heterocycles. The summed E-state index contributed by atoms with van der Waals surface area (Å²) in [5.74, 6) is 0.899. The molecule has 0 spiro atoms. The average Bonchev–Trinajstić information content (AvgIpc) is 2.84. The van der Waals surface area contributed by atoms with Crippen LogP contribution in [-0.4, -0.2) is 43.0 Å². The third-order valence-corrected chi connectivity index (χ3v) is 6.20. The molecule has 0 bridgehead atoms. The Bertz CT molecular complexity index is 1040. The number of amides is 1. The highest BCUT2D eigenvalue weighted by Crippen LogP contribution is 2.36. The summed E-state index contributed by atoms with van der Waals surface area (Å²) < 4.78 is 5.61. The summed E-state index contributed by atoms with van der Waals surface area (Å²) in [6.45, 7) is 2.36. The lowest BCUT2D eigenvalue weighted by molar-refractivity contribution is -0.128. The highest BCUT2D eigenvalue weighted by Gasteiger charge is 2.44. The fourth-order valence-electron chi connectivity index (χ4n) is 4.70. The predicted octanol–water partition coefficient (Wildman–Crippen LogP) is 4.04. The number of para-hydroxylation sites is 1. The molecule has 1 saturated heterocycles. The second-order valence-electron chi connectivity index (χ2n) is 8.05. The molecule has 1 fully saturated rings. The summed E-state index contributed by atoms with van der Waals surface area (Å²) in [5, 5.41) is 2.89. The number of benzene rings is 2. The molecule has 1 N–H and O–H groups in total. The molecule has 0 saturated carbocycles. The van der Waals surface area contributed by atoms with Gasteiger partial charge >= 0.3 is 0 Å². The normalized spacial score (nSPS) is 19.0. The van der Waals surface area contributed by atoms with Gasteiger partial charge < -0.3 is 10.1 Å². The fourth-order valence-corrected chi connectivity index (χ4v) is 4.70. The molecular formula is C26H29N3O2. The molecule has 3 aromatic rings. The Hall–Kier alpha value is -3.18. The lowest BCUT2D eigenvalue weighted by atomic mass is 9.75. The van der Waals surface area contributed by atoms with Gasteiger partial charge in [-0.15, -0.1) is 0 Å². The molecule has 2 heterocycles. The van der Waals surface area contributed by atoms with E-state index in [0.29, 0.717) is 6.54 Å². The molecule has 31 heavy (non-hydrogen) atoms. The summed E-state index contributed by atoms with van der Waals surface area (Å²) in [4.78, 5) is 20.0. The van der Waals surface area contributed by atoms with E-state index in [4.69, 9.17) is 4.74 Å². The fraction of sp³-hybridized carbons (Fsp3) is 0.308. The lowest BCUT2D eigenvalue weighted by Gasteiger charge is -2.41. The zero-order valence-electron chi connectivity index (χ0n) is 18.2. The maximum Gasteiger partial charge on any atom is 0.233 e. The van der Waals surface area contributed by atoms with Gasteiger partial charge in [0.05, 0.1) is 12.8 Å². The lowest BCUT2D eigenvalue weighted by Crippen LogP contribution is -2.54. The van der Waals surface area contributed by atoms with Crippen molar-refractivity contribution in [1.82, 2.24) is 15.2 Å². The molecule has 5 nitrogen and oxygen atoms in total. The van der Waals surface area contributed by atoms with E-state index in [1.54, 1.807) is 20.4 Å². The van der Waals surface area contributed by atoms with Crippen molar-refractivity contribution >= 4 is 5.91 Å². The van der Waals surface area contributed by atoms with E-state index in [9.17, 15) is 4.79 Å². The molecule has 160 valence electrons. The molecule has 2 aromatic carbocycles. The van der Waals surface area contributed by atoms with Crippen molar-refractivity contribution in [3.63, 3.8) is 0 Å².